The van der Waals surface area contributed by atoms with Crippen LogP contribution in [-0.4, -0.2) is 66.4 Å². The SMILES string of the molecule is CCOC(=O)CC1CCN(C(=O)C(C)(C)C(CC)NC(=O)c2ccc(C(N)N3CCCCCC3)cc2F)CC1. The molecule has 2 amide bonds. The lowest BCUT2D eigenvalue weighted by molar-refractivity contribution is -0.145. The zero-order valence-corrected chi connectivity index (χ0v) is 24.1. The Kier molecular flexibility index (Phi) is 11.3. The maximum Gasteiger partial charge on any atom is 0.306 e. The van der Waals surface area contributed by atoms with E-state index in [4.69, 9.17) is 10.5 Å². The van der Waals surface area contributed by atoms with Gasteiger partial charge in [0.1, 0.15) is 5.82 Å². The van der Waals surface area contributed by atoms with E-state index < -0.39 is 29.3 Å². The van der Waals surface area contributed by atoms with Crippen LogP contribution in [-0.2, 0) is 14.3 Å². The van der Waals surface area contributed by atoms with Gasteiger partial charge in [0, 0.05) is 25.6 Å². The number of rotatable bonds is 10. The minimum Gasteiger partial charge on any atom is -0.466 e. The second-order valence-corrected chi connectivity index (χ2v) is 11.5. The van der Waals surface area contributed by atoms with Crippen LogP contribution >= 0.6 is 0 Å². The van der Waals surface area contributed by atoms with Crippen molar-refractivity contribution in [1.82, 2.24) is 15.1 Å². The molecule has 2 atom stereocenters. The minimum absolute atomic E-state index is 0.0523. The van der Waals surface area contributed by atoms with Crippen LogP contribution in [0.4, 0.5) is 4.39 Å². The summed E-state index contributed by atoms with van der Waals surface area (Å²) in [6.07, 6.45) is 6.48. The topological polar surface area (TPSA) is 105 Å². The van der Waals surface area contributed by atoms with Crippen LogP contribution in [0.15, 0.2) is 18.2 Å². The molecule has 3 rings (SSSR count). The lowest BCUT2D eigenvalue weighted by Crippen LogP contribution is -2.54. The Hall–Kier alpha value is -2.52. The molecular formula is C30H47FN4O4. The third-order valence-corrected chi connectivity index (χ3v) is 8.41. The van der Waals surface area contributed by atoms with E-state index in [-0.39, 0.29) is 23.4 Å². The van der Waals surface area contributed by atoms with Crippen LogP contribution in [0.1, 0.15) is 101 Å². The molecule has 0 aromatic heterocycles. The van der Waals surface area contributed by atoms with Crippen molar-refractivity contribution in [3.63, 3.8) is 0 Å². The van der Waals surface area contributed by atoms with Crippen molar-refractivity contribution in [3.05, 3.63) is 35.1 Å². The van der Waals surface area contributed by atoms with Crippen molar-refractivity contribution in [2.24, 2.45) is 17.1 Å². The predicted molar refractivity (Wildman–Crippen MR) is 149 cm³/mol. The Morgan fingerprint density at radius 2 is 1.72 bits per heavy atom. The molecule has 3 N–H and O–H groups in total. The molecule has 2 aliphatic rings. The molecule has 2 saturated heterocycles. The molecule has 0 aliphatic carbocycles. The maximum atomic E-state index is 15.1. The van der Waals surface area contributed by atoms with Gasteiger partial charge in [-0.25, -0.2) is 4.39 Å². The molecule has 2 fully saturated rings. The number of halogens is 1. The molecule has 0 bridgehead atoms. The second kappa shape index (κ2) is 14.2. The molecule has 9 heteroatoms. The molecule has 2 heterocycles. The first-order valence-electron chi connectivity index (χ1n) is 14.6. The lowest BCUT2D eigenvalue weighted by Gasteiger charge is -2.40. The zero-order chi connectivity index (χ0) is 28.6. The molecule has 1 aromatic rings. The van der Waals surface area contributed by atoms with Crippen molar-refractivity contribution in [1.29, 1.82) is 0 Å². The average molecular weight is 547 g/mol. The highest BCUT2D eigenvalue weighted by Crippen LogP contribution is 2.30. The summed E-state index contributed by atoms with van der Waals surface area (Å²) in [5.41, 5.74) is 6.15. The number of hydrogen-bond acceptors (Lipinski definition) is 6. The van der Waals surface area contributed by atoms with Gasteiger partial charge < -0.3 is 20.7 Å². The van der Waals surface area contributed by atoms with E-state index in [1.54, 1.807) is 13.0 Å². The fourth-order valence-corrected chi connectivity index (χ4v) is 5.86. The van der Waals surface area contributed by atoms with Crippen molar-refractivity contribution >= 4 is 17.8 Å². The van der Waals surface area contributed by atoms with E-state index in [0.29, 0.717) is 38.1 Å². The fourth-order valence-electron chi connectivity index (χ4n) is 5.86. The molecule has 218 valence electrons. The van der Waals surface area contributed by atoms with E-state index in [2.05, 4.69) is 10.2 Å². The van der Waals surface area contributed by atoms with E-state index in [9.17, 15) is 14.4 Å². The zero-order valence-electron chi connectivity index (χ0n) is 24.1. The highest BCUT2D eigenvalue weighted by molar-refractivity contribution is 5.95. The van der Waals surface area contributed by atoms with Gasteiger partial charge in [0.25, 0.3) is 5.91 Å². The smallest absolute Gasteiger partial charge is 0.306 e. The van der Waals surface area contributed by atoms with Gasteiger partial charge in [-0.1, -0.05) is 25.8 Å². The number of carbonyl (C=O) groups excluding carboxylic acids is 3. The van der Waals surface area contributed by atoms with Crippen molar-refractivity contribution in [3.8, 4) is 0 Å². The molecule has 2 unspecified atom stereocenters. The molecule has 0 saturated carbocycles. The van der Waals surface area contributed by atoms with Gasteiger partial charge in [0.2, 0.25) is 5.91 Å². The average Bonchev–Trinajstić information content (AvgIpc) is 3.21. The first-order valence-corrected chi connectivity index (χ1v) is 14.6. The van der Waals surface area contributed by atoms with E-state index in [1.165, 1.54) is 25.0 Å². The summed E-state index contributed by atoms with van der Waals surface area (Å²) < 4.78 is 20.2. The number of benzene rings is 1. The van der Waals surface area contributed by atoms with E-state index in [0.717, 1.165) is 38.8 Å². The summed E-state index contributed by atoms with van der Waals surface area (Å²) in [4.78, 5) is 42.5. The Morgan fingerprint density at radius 3 is 2.28 bits per heavy atom. The molecule has 8 nitrogen and oxygen atoms in total. The normalized spacial score (nSPS) is 19.2. The second-order valence-electron chi connectivity index (χ2n) is 11.5. The Labute approximate surface area is 232 Å². The van der Waals surface area contributed by atoms with Crippen LogP contribution in [0.2, 0.25) is 0 Å². The number of carbonyl (C=O) groups is 3. The summed E-state index contributed by atoms with van der Waals surface area (Å²) in [7, 11) is 0. The van der Waals surface area contributed by atoms with Crippen LogP contribution in [0.25, 0.3) is 0 Å². The number of piperidine rings is 1. The molecule has 39 heavy (non-hydrogen) atoms. The van der Waals surface area contributed by atoms with Gasteiger partial charge in [0.15, 0.2) is 0 Å². The van der Waals surface area contributed by atoms with Crippen molar-refractivity contribution in [2.75, 3.05) is 32.8 Å². The number of nitrogens with zero attached hydrogens (tertiary/aromatic N) is 2. The van der Waals surface area contributed by atoms with Crippen LogP contribution in [0.5, 0.6) is 0 Å². The standard InChI is InChI=1S/C30H47FN4O4/c1-5-25(30(3,4)29(38)35-17-13-21(14-18-35)19-26(36)39-6-2)33-28(37)23-12-11-22(20-24(23)31)27(32)34-15-9-7-8-10-16-34/h11-12,20-21,25,27H,5-10,13-19,32H2,1-4H3,(H,33,37). The summed E-state index contributed by atoms with van der Waals surface area (Å²) in [5.74, 6) is -1.19. The van der Waals surface area contributed by atoms with E-state index in [1.807, 2.05) is 25.7 Å². The highest BCUT2D eigenvalue weighted by Gasteiger charge is 2.41. The van der Waals surface area contributed by atoms with Gasteiger partial charge in [-0.2, -0.15) is 0 Å². The number of esters is 1. The monoisotopic (exact) mass is 546 g/mol. The van der Waals surface area contributed by atoms with Crippen LogP contribution in [0.3, 0.4) is 0 Å². The molecule has 0 spiro atoms. The molecular weight excluding hydrogens is 499 g/mol. The third kappa shape index (κ3) is 8.01. The number of ether oxygens (including phenoxy) is 1. The summed E-state index contributed by atoms with van der Waals surface area (Å²) in [5, 5.41) is 2.92. The lowest BCUT2D eigenvalue weighted by atomic mass is 9.80. The molecule has 1 aromatic carbocycles. The summed E-state index contributed by atoms with van der Waals surface area (Å²) in [6.45, 7) is 10.6. The first-order chi connectivity index (χ1) is 18.6. The Balaban J connectivity index is 1.61. The highest BCUT2D eigenvalue weighted by atomic mass is 19.1. The number of hydrogen-bond donors (Lipinski definition) is 2. The van der Waals surface area contributed by atoms with Gasteiger partial charge in [-0.3, -0.25) is 19.3 Å². The number of amides is 2. The maximum absolute atomic E-state index is 15.1. The van der Waals surface area contributed by atoms with Gasteiger partial charge in [-0.15, -0.1) is 0 Å². The largest absolute Gasteiger partial charge is 0.466 e. The van der Waals surface area contributed by atoms with Gasteiger partial charge >= 0.3 is 5.97 Å². The van der Waals surface area contributed by atoms with Crippen LogP contribution < -0.4 is 11.1 Å². The Bertz CT molecular complexity index is 985. The molecule has 0 radical (unpaired) electrons. The van der Waals surface area contributed by atoms with E-state index >= 15 is 4.39 Å². The third-order valence-electron chi connectivity index (χ3n) is 8.41. The first kappa shape index (κ1) is 31.0. The fraction of sp³-hybridized carbons (Fsp3) is 0.700. The number of nitrogens with one attached hydrogen (secondary N) is 1. The predicted octanol–water partition coefficient (Wildman–Crippen LogP) is 4.39. The summed E-state index contributed by atoms with van der Waals surface area (Å²) >= 11 is 0. The summed E-state index contributed by atoms with van der Waals surface area (Å²) in [6, 6.07) is 4.11. The number of nitrogens with two attached hydrogens (primary N) is 1. The van der Waals surface area contributed by atoms with Crippen molar-refractivity contribution in [2.45, 2.75) is 91.3 Å². The molecule has 2 aliphatic heterocycles. The van der Waals surface area contributed by atoms with Gasteiger partial charge in [0.05, 0.1) is 23.8 Å². The quantitative estimate of drug-likeness (QED) is 0.422. The number of likely N-dealkylation sites (tertiary alicyclic amines) is 2. The Morgan fingerprint density at radius 1 is 1.08 bits per heavy atom. The van der Waals surface area contributed by atoms with Crippen molar-refractivity contribution < 1.29 is 23.5 Å². The minimum atomic E-state index is -0.885. The van der Waals surface area contributed by atoms with Crippen LogP contribution in [0, 0.1) is 17.2 Å². The van der Waals surface area contributed by atoms with Gasteiger partial charge in [-0.05, 0) is 89.6 Å².